The number of aromatic hydroxyl groups is 1. The van der Waals surface area contributed by atoms with E-state index in [0.717, 1.165) is 5.56 Å². The van der Waals surface area contributed by atoms with Gasteiger partial charge in [-0.3, -0.25) is 4.79 Å². The maximum Gasteiger partial charge on any atom is 0.223 e. The molecule has 18 heavy (non-hydrogen) atoms. The van der Waals surface area contributed by atoms with E-state index in [1.54, 1.807) is 24.1 Å². The van der Waals surface area contributed by atoms with Crippen molar-refractivity contribution >= 4 is 18.3 Å². The van der Waals surface area contributed by atoms with Gasteiger partial charge < -0.3 is 20.5 Å². The van der Waals surface area contributed by atoms with E-state index in [2.05, 4.69) is 0 Å². The zero-order valence-electron chi connectivity index (χ0n) is 10.5. The summed E-state index contributed by atoms with van der Waals surface area (Å²) in [5, 5.41) is 9.60. The maximum atomic E-state index is 11.5. The van der Waals surface area contributed by atoms with E-state index in [0.29, 0.717) is 25.3 Å². The van der Waals surface area contributed by atoms with Crippen LogP contribution in [0.1, 0.15) is 12.0 Å². The molecule has 0 saturated carbocycles. The molecule has 0 aliphatic carbocycles. The number of amides is 1. The predicted octanol–water partition coefficient (Wildman–Crippen LogP) is 1.13. The summed E-state index contributed by atoms with van der Waals surface area (Å²) in [4.78, 5) is 13.1. The lowest BCUT2D eigenvalue weighted by atomic mass is 10.2. The van der Waals surface area contributed by atoms with Crippen LogP contribution < -0.4 is 10.5 Å². The molecule has 0 unspecified atom stereocenters. The minimum atomic E-state index is -0.0113. The molecule has 1 rings (SSSR count). The first kappa shape index (κ1) is 16.5. The number of nitrogens with zero attached hydrogens (tertiary/aromatic N) is 1. The van der Waals surface area contributed by atoms with Crippen LogP contribution >= 0.6 is 12.4 Å². The highest BCUT2D eigenvalue weighted by atomic mass is 35.5. The van der Waals surface area contributed by atoms with Crippen LogP contribution in [0.4, 0.5) is 0 Å². The number of benzene rings is 1. The molecule has 0 saturated heterocycles. The number of hydrogen-bond donors (Lipinski definition) is 2. The van der Waals surface area contributed by atoms with Gasteiger partial charge in [-0.05, 0) is 17.7 Å². The highest BCUT2D eigenvalue weighted by molar-refractivity contribution is 5.85. The molecule has 3 N–H and O–H groups in total. The number of ether oxygens (including phenoxy) is 1. The molecule has 0 radical (unpaired) electrons. The average Bonchev–Trinajstić information content (AvgIpc) is 2.29. The number of hydrogen-bond acceptors (Lipinski definition) is 4. The Bertz CT molecular complexity index is 399. The second-order valence-electron chi connectivity index (χ2n) is 3.79. The first-order valence-corrected chi connectivity index (χ1v) is 5.38. The van der Waals surface area contributed by atoms with E-state index in [1.165, 1.54) is 7.11 Å². The molecule has 1 aromatic carbocycles. The molecule has 102 valence electrons. The summed E-state index contributed by atoms with van der Waals surface area (Å²) in [6.07, 6.45) is 0.332. The number of phenolic OH excluding ortho intramolecular Hbond substituents is 1. The van der Waals surface area contributed by atoms with E-state index in [4.69, 9.17) is 10.5 Å². The average molecular weight is 275 g/mol. The molecule has 0 heterocycles. The molecule has 0 aliphatic heterocycles. The highest BCUT2D eigenvalue weighted by Gasteiger charge is 2.09. The number of nitrogens with two attached hydrogens (primary N) is 1. The monoisotopic (exact) mass is 274 g/mol. The highest BCUT2D eigenvalue weighted by Crippen LogP contribution is 2.26. The van der Waals surface area contributed by atoms with Crippen LogP contribution in [0.5, 0.6) is 11.5 Å². The SMILES string of the molecule is COc1ccc(CN(C)C(=O)CCN)cc1O.Cl. The first-order chi connectivity index (χ1) is 8.08. The van der Waals surface area contributed by atoms with E-state index < -0.39 is 0 Å². The molecular weight excluding hydrogens is 256 g/mol. The lowest BCUT2D eigenvalue weighted by molar-refractivity contribution is -0.130. The Labute approximate surface area is 113 Å². The quantitative estimate of drug-likeness (QED) is 0.844. The number of carbonyl (C=O) groups excluding carboxylic acids is 1. The van der Waals surface area contributed by atoms with Gasteiger partial charge in [-0.1, -0.05) is 6.07 Å². The van der Waals surface area contributed by atoms with Crippen LogP contribution in [-0.4, -0.2) is 36.6 Å². The number of methoxy groups -OCH3 is 1. The normalized spacial score (nSPS) is 9.50. The molecule has 0 spiro atoms. The molecule has 0 aliphatic rings. The molecule has 1 aromatic rings. The van der Waals surface area contributed by atoms with Crippen LogP contribution in [0.2, 0.25) is 0 Å². The largest absolute Gasteiger partial charge is 0.504 e. The van der Waals surface area contributed by atoms with E-state index in [9.17, 15) is 9.90 Å². The number of phenols is 1. The van der Waals surface area contributed by atoms with Crippen molar-refractivity contribution in [3.63, 3.8) is 0 Å². The molecule has 0 fully saturated rings. The minimum absolute atomic E-state index is 0. The van der Waals surface area contributed by atoms with Gasteiger partial charge in [0.15, 0.2) is 11.5 Å². The lowest BCUT2D eigenvalue weighted by Gasteiger charge is -2.17. The summed E-state index contributed by atoms with van der Waals surface area (Å²) in [6.45, 7) is 0.785. The summed E-state index contributed by atoms with van der Waals surface area (Å²) < 4.78 is 4.94. The van der Waals surface area contributed by atoms with Crippen LogP contribution in [0.25, 0.3) is 0 Å². The van der Waals surface area contributed by atoms with Crippen molar-refractivity contribution in [3.05, 3.63) is 23.8 Å². The Morgan fingerprint density at radius 1 is 1.50 bits per heavy atom. The molecular formula is C12H19ClN2O3. The Hall–Kier alpha value is -1.46. The summed E-state index contributed by atoms with van der Waals surface area (Å²) in [5.74, 6) is 0.483. The maximum absolute atomic E-state index is 11.5. The van der Waals surface area contributed by atoms with Crippen molar-refractivity contribution < 1.29 is 14.6 Å². The molecule has 0 atom stereocenters. The second-order valence-corrected chi connectivity index (χ2v) is 3.79. The van der Waals surface area contributed by atoms with Crippen molar-refractivity contribution in [2.24, 2.45) is 5.73 Å². The van der Waals surface area contributed by atoms with Crippen molar-refractivity contribution in [1.82, 2.24) is 4.90 Å². The number of carbonyl (C=O) groups is 1. The van der Waals surface area contributed by atoms with Crippen molar-refractivity contribution in [2.45, 2.75) is 13.0 Å². The zero-order chi connectivity index (χ0) is 12.8. The van der Waals surface area contributed by atoms with Gasteiger partial charge in [0.2, 0.25) is 5.91 Å². The Kier molecular flexibility index (Phi) is 7.16. The van der Waals surface area contributed by atoms with E-state index in [1.807, 2.05) is 6.07 Å². The second kappa shape index (κ2) is 7.79. The fourth-order valence-corrected chi connectivity index (χ4v) is 1.51. The Morgan fingerprint density at radius 2 is 2.17 bits per heavy atom. The molecule has 1 amide bonds. The topological polar surface area (TPSA) is 75.8 Å². The Morgan fingerprint density at radius 3 is 2.67 bits per heavy atom. The molecule has 5 nitrogen and oxygen atoms in total. The van der Waals surface area contributed by atoms with Gasteiger partial charge >= 0.3 is 0 Å². The molecule has 0 aromatic heterocycles. The van der Waals surface area contributed by atoms with Gasteiger partial charge in [-0.25, -0.2) is 0 Å². The fraction of sp³-hybridized carbons (Fsp3) is 0.417. The van der Waals surface area contributed by atoms with Gasteiger partial charge in [0.25, 0.3) is 0 Å². The van der Waals surface area contributed by atoms with Crippen LogP contribution in [-0.2, 0) is 11.3 Å². The lowest BCUT2D eigenvalue weighted by Crippen LogP contribution is -2.27. The van der Waals surface area contributed by atoms with Gasteiger partial charge in [-0.15, -0.1) is 12.4 Å². The third-order valence-electron chi connectivity index (χ3n) is 2.45. The van der Waals surface area contributed by atoms with Crippen molar-refractivity contribution in [1.29, 1.82) is 0 Å². The van der Waals surface area contributed by atoms with Crippen LogP contribution in [0.3, 0.4) is 0 Å². The fourth-order valence-electron chi connectivity index (χ4n) is 1.51. The van der Waals surface area contributed by atoms with Crippen LogP contribution in [0.15, 0.2) is 18.2 Å². The first-order valence-electron chi connectivity index (χ1n) is 5.38. The Balaban J connectivity index is 0.00000289. The van der Waals surface area contributed by atoms with E-state index in [-0.39, 0.29) is 24.1 Å². The summed E-state index contributed by atoms with van der Waals surface area (Å²) in [7, 11) is 3.20. The summed E-state index contributed by atoms with van der Waals surface area (Å²) >= 11 is 0. The third-order valence-corrected chi connectivity index (χ3v) is 2.45. The van der Waals surface area contributed by atoms with Gasteiger partial charge in [0, 0.05) is 26.6 Å². The van der Waals surface area contributed by atoms with Gasteiger partial charge in [-0.2, -0.15) is 0 Å². The van der Waals surface area contributed by atoms with Gasteiger partial charge in [0.1, 0.15) is 0 Å². The summed E-state index contributed by atoms with van der Waals surface area (Å²) in [5.41, 5.74) is 6.16. The third kappa shape index (κ3) is 4.43. The zero-order valence-corrected chi connectivity index (χ0v) is 11.4. The van der Waals surface area contributed by atoms with E-state index >= 15 is 0 Å². The van der Waals surface area contributed by atoms with Crippen molar-refractivity contribution in [2.75, 3.05) is 20.7 Å². The van der Waals surface area contributed by atoms with Gasteiger partial charge in [0.05, 0.1) is 7.11 Å². The standard InChI is InChI=1S/C12H18N2O3.ClH/c1-14(12(16)5-6-13)8-9-3-4-11(17-2)10(15)7-9;/h3-4,7,15H,5-6,8,13H2,1-2H3;1H. The minimum Gasteiger partial charge on any atom is -0.504 e. The van der Waals surface area contributed by atoms with Crippen molar-refractivity contribution in [3.8, 4) is 11.5 Å². The molecule has 6 heteroatoms. The van der Waals surface area contributed by atoms with Crippen LogP contribution in [0, 0.1) is 0 Å². The number of rotatable bonds is 5. The number of halogens is 1. The predicted molar refractivity (Wildman–Crippen MR) is 72.1 cm³/mol. The molecule has 0 bridgehead atoms. The smallest absolute Gasteiger partial charge is 0.223 e. The summed E-state index contributed by atoms with van der Waals surface area (Å²) in [6, 6.07) is 5.07.